The monoisotopic (exact) mass is 289 g/mol. The summed E-state index contributed by atoms with van der Waals surface area (Å²) in [7, 11) is 0. The smallest absolute Gasteiger partial charge is 0.257 e. The van der Waals surface area contributed by atoms with Crippen LogP contribution in [0.4, 0.5) is 0 Å². The van der Waals surface area contributed by atoms with Gasteiger partial charge in [0.15, 0.2) is 0 Å². The van der Waals surface area contributed by atoms with Crippen LogP contribution in [0.15, 0.2) is 6.20 Å². The summed E-state index contributed by atoms with van der Waals surface area (Å²) in [4.78, 5) is 23.6. The van der Waals surface area contributed by atoms with Crippen molar-refractivity contribution in [2.45, 2.75) is 58.1 Å². The van der Waals surface area contributed by atoms with Crippen molar-refractivity contribution < 1.29 is 9.53 Å². The summed E-state index contributed by atoms with van der Waals surface area (Å²) in [5, 5.41) is 0. The molecule has 5 nitrogen and oxygen atoms in total. The molecule has 114 valence electrons. The zero-order valence-corrected chi connectivity index (χ0v) is 12.8. The Bertz CT molecular complexity index is 530. The maximum Gasteiger partial charge on any atom is 0.257 e. The average molecular weight is 289 g/mol. The van der Waals surface area contributed by atoms with E-state index in [1.54, 1.807) is 6.20 Å². The highest BCUT2D eigenvalue weighted by Crippen LogP contribution is 2.29. The van der Waals surface area contributed by atoms with Gasteiger partial charge in [-0.25, -0.2) is 9.97 Å². The van der Waals surface area contributed by atoms with Crippen LogP contribution in [0.2, 0.25) is 0 Å². The predicted molar refractivity (Wildman–Crippen MR) is 79.2 cm³/mol. The first-order valence-corrected chi connectivity index (χ1v) is 7.95. The van der Waals surface area contributed by atoms with Crippen LogP contribution < -0.4 is 0 Å². The van der Waals surface area contributed by atoms with E-state index in [0.717, 1.165) is 30.8 Å². The molecule has 0 radical (unpaired) electrons. The SMILES string of the molecule is CCc1nc(C)ncc1C(=O)N1CCO[C@@H]2CCCC[C@H]21. The van der Waals surface area contributed by atoms with Gasteiger partial charge in [-0.15, -0.1) is 0 Å². The zero-order chi connectivity index (χ0) is 14.8. The van der Waals surface area contributed by atoms with Gasteiger partial charge in [-0.3, -0.25) is 4.79 Å². The second kappa shape index (κ2) is 6.10. The molecule has 0 spiro atoms. The quantitative estimate of drug-likeness (QED) is 0.837. The van der Waals surface area contributed by atoms with E-state index in [1.807, 2.05) is 18.7 Å². The minimum atomic E-state index is 0.0760. The zero-order valence-electron chi connectivity index (χ0n) is 12.8. The van der Waals surface area contributed by atoms with Crippen LogP contribution >= 0.6 is 0 Å². The Morgan fingerprint density at radius 1 is 1.43 bits per heavy atom. The van der Waals surface area contributed by atoms with Crippen LogP contribution in [0.1, 0.15) is 54.5 Å². The standard InChI is InChI=1S/C16H23N3O2/c1-3-13-12(10-17-11(2)18-13)16(20)19-8-9-21-15-7-5-4-6-14(15)19/h10,14-15H,3-9H2,1-2H3/t14-,15-/m1/s1. The molecule has 1 amide bonds. The number of rotatable bonds is 2. The van der Waals surface area contributed by atoms with Crippen molar-refractivity contribution in [3.05, 3.63) is 23.3 Å². The highest BCUT2D eigenvalue weighted by Gasteiger charge is 2.37. The van der Waals surface area contributed by atoms with E-state index in [-0.39, 0.29) is 18.1 Å². The van der Waals surface area contributed by atoms with Crippen molar-refractivity contribution in [1.82, 2.24) is 14.9 Å². The number of aryl methyl sites for hydroxylation is 2. The molecule has 1 aliphatic heterocycles. The highest BCUT2D eigenvalue weighted by atomic mass is 16.5. The van der Waals surface area contributed by atoms with Crippen LogP contribution in [0, 0.1) is 6.92 Å². The molecular weight excluding hydrogens is 266 g/mol. The third-order valence-corrected chi connectivity index (χ3v) is 4.55. The molecule has 0 unspecified atom stereocenters. The molecule has 0 N–H and O–H groups in total. The lowest BCUT2D eigenvalue weighted by atomic mass is 9.89. The van der Waals surface area contributed by atoms with E-state index >= 15 is 0 Å². The molecular formula is C16H23N3O2. The third kappa shape index (κ3) is 2.79. The van der Waals surface area contributed by atoms with Gasteiger partial charge < -0.3 is 9.64 Å². The number of carbonyl (C=O) groups excluding carboxylic acids is 1. The van der Waals surface area contributed by atoms with Gasteiger partial charge in [0, 0.05) is 12.7 Å². The fourth-order valence-corrected chi connectivity index (χ4v) is 3.47. The van der Waals surface area contributed by atoms with Gasteiger partial charge in [-0.1, -0.05) is 19.8 Å². The third-order valence-electron chi connectivity index (χ3n) is 4.55. The number of carbonyl (C=O) groups is 1. The number of amides is 1. The topological polar surface area (TPSA) is 55.3 Å². The predicted octanol–water partition coefficient (Wildman–Crippen LogP) is 2.13. The second-order valence-electron chi connectivity index (χ2n) is 5.89. The number of morpholine rings is 1. The van der Waals surface area contributed by atoms with Crippen LogP contribution in [-0.2, 0) is 11.2 Å². The Balaban J connectivity index is 1.87. The highest BCUT2D eigenvalue weighted by molar-refractivity contribution is 5.95. The number of hydrogen-bond acceptors (Lipinski definition) is 4. The summed E-state index contributed by atoms with van der Waals surface area (Å²) < 4.78 is 5.85. The first-order chi connectivity index (χ1) is 10.2. The van der Waals surface area contributed by atoms with Gasteiger partial charge in [0.25, 0.3) is 5.91 Å². The van der Waals surface area contributed by atoms with Gasteiger partial charge in [-0.2, -0.15) is 0 Å². The molecule has 2 atom stereocenters. The fourth-order valence-electron chi connectivity index (χ4n) is 3.47. The first-order valence-electron chi connectivity index (χ1n) is 7.95. The van der Waals surface area contributed by atoms with Crippen LogP contribution in [0.3, 0.4) is 0 Å². The molecule has 21 heavy (non-hydrogen) atoms. The molecule has 1 aromatic rings. The number of hydrogen-bond donors (Lipinski definition) is 0. The van der Waals surface area contributed by atoms with Crippen molar-refractivity contribution in [3.63, 3.8) is 0 Å². The Morgan fingerprint density at radius 3 is 3.05 bits per heavy atom. The fraction of sp³-hybridized carbons (Fsp3) is 0.688. The summed E-state index contributed by atoms with van der Waals surface area (Å²) in [6, 6.07) is 0.228. The summed E-state index contributed by atoms with van der Waals surface area (Å²) >= 11 is 0. The van der Waals surface area contributed by atoms with Crippen molar-refractivity contribution in [2.24, 2.45) is 0 Å². The van der Waals surface area contributed by atoms with Crippen LogP contribution in [0.25, 0.3) is 0 Å². The summed E-state index contributed by atoms with van der Waals surface area (Å²) in [6.45, 7) is 5.21. The first kappa shape index (κ1) is 14.4. The van der Waals surface area contributed by atoms with Crippen LogP contribution in [0.5, 0.6) is 0 Å². The van der Waals surface area contributed by atoms with Crippen molar-refractivity contribution >= 4 is 5.91 Å². The number of nitrogens with zero attached hydrogens (tertiary/aromatic N) is 3. The molecule has 0 aromatic carbocycles. The molecule has 1 saturated carbocycles. The van der Waals surface area contributed by atoms with Gasteiger partial charge in [-0.05, 0) is 26.2 Å². The van der Waals surface area contributed by atoms with Crippen molar-refractivity contribution in [2.75, 3.05) is 13.2 Å². The average Bonchev–Trinajstić information content (AvgIpc) is 2.53. The summed E-state index contributed by atoms with van der Waals surface area (Å²) in [6.07, 6.45) is 7.16. The minimum absolute atomic E-state index is 0.0760. The largest absolute Gasteiger partial charge is 0.374 e. The lowest BCUT2D eigenvalue weighted by molar-refractivity contribution is -0.0753. The number of fused-ring (bicyclic) bond motifs is 1. The number of ether oxygens (including phenoxy) is 1. The lowest BCUT2D eigenvalue weighted by Crippen LogP contribution is -2.55. The van der Waals surface area contributed by atoms with Gasteiger partial charge in [0.05, 0.1) is 30.0 Å². The molecule has 1 aliphatic carbocycles. The molecule has 2 heterocycles. The van der Waals surface area contributed by atoms with E-state index in [1.165, 1.54) is 12.8 Å². The minimum Gasteiger partial charge on any atom is -0.374 e. The van der Waals surface area contributed by atoms with E-state index in [2.05, 4.69) is 9.97 Å². The van der Waals surface area contributed by atoms with Gasteiger partial charge >= 0.3 is 0 Å². The Kier molecular flexibility index (Phi) is 4.19. The molecule has 0 bridgehead atoms. The summed E-state index contributed by atoms with van der Waals surface area (Å²) in [5.74, 6) is 0.799. The molecule has 2 aliphatic rings. The lowest BCUT2D eigenvalue weighted by Gasteiger charge is -2.43. The van der Waals surface area contributed by atoms with E-state index in [0.29, 0.717) is 18.7 Å². The van der Waals surface area contributed by atoms with E-state index in [9.17, 15) is 4.79 Å². The van der Waals surface area contributed by atoms with Gasteiger partial charge in [0.1, 0.15) is 5.82 Å². The molecule has 2 fully saturated rings. The van der Waals surface area contributed by atoms with E-state index < -0.39 is 0 Å². The molecule has 1 saturated heterocycles. The second-order valence-corrected chi connectivity index (χ2v) is 5.89. The number of aromatic nitrogens is 2. The Morgan fingerprint density at radius 2 is 2.24 bits per heavy atom. The van der Waals surface area contributed by atoms with Crippen molar-refractivity contribution in [1.29, 1.82) is 0 Å². The molecule has 1 aromatic heterocycles. The van der Waals surface area contributed by atoms with Crippen LogP contribution in [-0.4, -0.2) is 46.1 Å². The Labute approximate surface area is 125 Å². The maximum atomic E-state index is 12.9. The summed E-state index contributed by atoms with van der Waals surface area (Å²) in [5.41, 5.74) is 1.51. The molecule has 5 heteroatoms. The van der Waals surface area contributed by atoms with Gasteiger partial charge in [0.2, 0.25) is 0 Å². The molecule has 3 rings (SSSR count). The van der Waals surface area contributed by atoms with Crippen molar-refractivity contribution in [3.8, 4) is 0 Å². The van der Waals surface area contributed by atoms with E-state index in [4.69, 9.17) is 4.74 Å². The maximum absolute atomic E-state index is 12.9. The Hall–Kier alpha value is -1.49. The normalized spacial score (nSPS) is 25.5.